The van der Waals surface area contributed by atoms with E-state index in [4.69, 9.17) is 9.47 Å². The maximum Gasteiger partial charge on any atom is 0.295 e. The van der Waals surface area contributed by atoms with E-state index in [-0.39, 0.29) is 23.4 Å². The number of amides is 1. The molecule has 1 aliphatic heterocycles. The van der Waals surface area contributed by atoms with Crippen LogP contribution < -0.4 is 9.47 Å². The Balaban J connectivity index is 2.25. The fourth-order valence-corrected chi connectivity index (χ4v) is 3.68. The number of nitrogens with zero attached hydrogens (tertiary/aromatic N) is 2. The maximum atomic E-state index is 13.1. The van der Waals surface area contributed by atoms with Gasteiger partial charge in [0.15, 0.2) is 0 Å². The van der Waals surface area contributed by atoms with Crippen LogP contribution >= 0.6 is 0 Å². The lowest BCUT2D eigenvalue weighted by molar-refractivity contribution is -0.140. The first-order valence-corrected chi connectivity index (χ1v) is 9.73. The lowest BCUT2D eigenvalue weighted by Gasteiger charge is -2.27. The SMILES string of the molecule is COc1cccc(OC)c1/C(O)=C1\C(=O)C(=O)N(CCN(C)C)C1c1cccc(O)c1. The Kier molecular flexibility index (Phi) is 6.50. The average molecular weight is 426 g/mol. The summed E-state index contributed by atoms with van der Waals surface area (Å²) in [5.74, 6) is -1.33. The molecule has 0 aliphatic carbocycles. The van der Waals surface area contributed by atoms with Gasteiger partial charge in [-0.25, -0.2) is 0 Å². The Labute approximate surface area is 180 Å². The zero-order valence-corrected chi connectivity index (χ0v) is 18.0. The molecule has 0 saturated carbocycles. The summed E-state index contributed by atoms with van der Waals surface area (Å²) in [6.07, 6.45) is 0. The first kappa shape index (κ1) is 22.2. The predicted octanol–water partition coefficient (Wildman–Crippen LogP) is 2.39. The van der Waals surface area contributed by atoms with Crippen molar-refractivity contribution in [3.8, 4) is 17.2 Å². The van der Waals surface area contributed by atoms with Crippen LogP contribution in [0.15, 0.2) is 48.0 Å². The molecule has 1 amide bonds. The van der Waals surface area contributed by atoms with Gasteiger partial charge in [-0.2, -0.15) is 0 Å². The summed E-state index contributed by atoms with van der Waals surface area (Å²) in [6.45, 7) is 0.776. The quantitative estimate of drug-likeness (QED) is 0.398. The summed E-state index contributed by atoms with van der Waals surface area (Å²) < 4.78 is 10.7. The molecular weight excluding hydrogens is 400 g/mol. The molecule has 164 valence electrons. The van der Waals surface area contributed by atoms with E-state index >= 15 is 0 Å². The molecule has 2 aromatic carbocycles. The highest BCUT2D eigenvalue weighted by Crippen LogP contribution is 2.43. The summed E-state index contributed by atoms with van der Waals surface area (Å²) in [5.41, 5.74) is 0.605. The molecular formula is C23H26N2O6. The van der Waals surface area contributed by atoms with Crippen LogP contribution in [0.5, 0.6) is 17.2 Å². The van der Waals surface area contributed by atoms with Crippen molar-refractivity contribution in [3.05, 3.63) is 59.2 Å². The number of ketones is 1. The van der Waals surface area contributed by atoms with Crippen molar-refractivity contribution in [2.45, 2.75) is 6.04 Å². The first-order chi connectivity index (χ1) is 14.8. The number of phenols is 1. The van der Waals surface area contributed by atoms with Gasteiger partial charge in [0.1, 0.15) is 28.6 Å². The van der Waals surface area contributed by atoms with E-state index in [0.717, 1.165) is 0 Å². The highest BCUT2D eigenvalue weighted by molar-refractivity contribution is 6.46. The number of aliphatic hydroxyl groups is 1. The molecule has 31 heavy (non-hydrogen) atoms. The second-order valence-corrected chi connectivity index (χ2v) is 7.43. The van der Waals surface area contributed by atoms with Crippen LogP contribution in [-0.2, 0) is 9.59 Å². The van der Waals surface area contributed by atoms with Crippen LogP contribution in [0.2, 0.25) is 0 Å². The number of benzene rings is 2. The second-order valence-electron chi connectivity index (χ2n) is 7.43. The molecule has 0 spiro atoms. The number of ether oxygens (including phenoxy) is 2. The van der Waals surface area contributed by atoms with Crippen LogP contribution in [0.1, 0.15) is 17.2 Å². The molecule has 2 aromatic rings. The number of carbonyl (C=O) groups is 2. The van der Waals surface area contributed by atoms with Gasteiger partial charge in [0.2, 0.25) is 0 Å². The average Bonchev–Trinajstić information content (AvgIpc) is 3.01. The smallest absolute Gasteiger partial charge is 0.295 e. The van der Waals surface area contributed by atoms with Gasteiger partial charge < -0.3 is 29.5 Å². The third-order valence-corrected chi connectivity index (χ3v) is 5.18. The standard InChI is InChI=1S/C23H26N2O6/c1-24(2)11-12-25-20(14-7-5-8-15(26)13-14)19(22(28)23(25)29)21(27)18-16(30-3)9-6-10-17(18)31-4/h5-10,13,20,26-27H,11-12H2,1-4H3/b21-19+. The van der Waals surface area contributed by atoms with E-state index in [2.05, 4.69) is 0 Å². The minimum absolute atomic E-state index is 0.00873. The number of hydrogen-bond donors (Lipinski definition) is 2. The first-order valence-electron chi connectivity index (χ1n) is 9.73. The number of phenolic OH excluding ortho intramolecular Hbond substituents is 1. The summed E-state index contributed by atoms with van der Waals surface area (Å²) in [4.78, 5) is 29.3. The Bertz CT molecular complexity index is 1010. The van der Waals surface area contributed by atoms with Gasteiger partial charge in [0, 0.05) is 13.1 Å². The van der Waals surface area contributed by atoms with Crippen molar-refractivity contribution in [1.29, 1.82) is 0 Å². The van der Waals surface area contributed by atoms with E-state index < -0.39 is 23.5 Å². The van der Waals surface area contributed by atoms with Crippen molar-refractivity contribution in [1.82, 2.24) is 9.80 Å². The van der Waals surface area contributed by atoms with Gasteiger partial charge in [-0.3, -0.25) is 9.59 Å². The summed E-state index contributed by atoms with van der Waals surface area (Å²) in [6, 6.07) is 10.4. The van der Waals surface area contributed by atoms with Gasteiger partial charge in [-0.1, -0.05) is 18.2 Å². The third kappa shape index (κ3) is 4.20. The van der Waals surface area contributed by atoms with E-state index in [1.54, 1.807) is 30.3 Å². The molecule has 1 aliphatic rings. The monoisotopic (exact) mass is 426 g/mol. The van der Waals surface area contributed by atoms with Crippen LogP contribution in [0.3, 0.4) is 0 Å². The Morgan fingerprint density at radius 1 is 1.06 bits per heavy atom. The fourth-order valence-electron chi connectivity index (χ4n) is 3.68. The maximum absolute atomic E-state index is 13.1. The molecule has 0 aromatic heterocycles. The van der Waals surface area contributed by atoms with Crippen LogP contribution in [0.25, 0.3) is 5.76 Å². The lowest BCUT2D eigenvalue weighted by atomic mass is 9.94. The number of likely N-dealkylation sites (tertiary alicyclic amines) is 1. The van der Waals surface area contributed by atoms with Crippen LogP contribution in [-0.4, -0.2) is 73.1 Å². The lowest BCUT2D eigenvalue weighted by Crippen LogP contribution is -2.35. The zero-order valence-electron chi connectivity index (χ0n) is 18.0. The van der Waals surface area contributed by atoms with Crippen molar-refractivity contribution in [3.63, 3.8) is 0 Å². The summed E-state index contributed by atoms with van der Waals surface area (Å²) >= 11 is 0. The van der Waals surface area contributed by atoms with Crippen molar-refractivity contribution in [2.24, 2.45) is 0 Å². The number of likely N-dealkylation sites (N-methyl/N-ethyl adjacent to an activating group) is 1. The number of Topliss-reactive ketones (excluding diaryl/α,β-unsaturated/α-hetero) is 1. The Morgan fingerprint density at radius 3 is 2.23 bits per heavy atom. The second kappa shape index (κ2) is 9.09. The van der Waals surface area contributed by atoms with Gasteiger partial charge in [0.25, 0.3) is 11.7 Å². The molecule has 2 N–H and O–H groups in total. The minimum atomic E-state index is -0.873. The van der Waals surface area contributed by atoms with Gasteiger partial charge in [-0.15, -0.1) is 0 Å². The van der Waals surface area contributed by atoms with Gasteiger partial charge in [-0.05, 0) is 43.9 Å². The Morgan fingerprint density at radius 2 is 1.68 bits per heavy atom. The largest absolute Gasteiger partial charge is 0.508 e. The minimum Gasteiger partial charge on any atom is -0.508 e. The molecule has 1 fully saturated rings. The summed E-state index contributed by atoms with van der Waals surface area (Å²) in [5, 5.41) is 21.3. The Hall–Kier alpha value is -3.52. The number of methoxy groups -OCH3 is 2. The fraction of sp³-hybridized carbons (Fsp3) is 0.304. The molecule has 3 rings (SSSR count). The molecule has 8 heteroatoms. The van der Waals surface area contributed by atoms with E-state index in [1.807, 2.05) is 19.0 Å². The number of aliphatic hydroxyl groups excluding tert-OH is 1. The topological polar surface area (TPSA) is 99.5 Å². The van der Waals surface area contributed by atoms with Crippen LogP contribution in [0, 0.1) is 0 Å². The van der Waals surface area contributed by atoms with Crippen molar-refractivity contribution in [2.75, 3.05) is 41.4 Å². The normalized spacial score (nSPS) is 18.0. The molecule has 0 radical (unpaired) electrons. The molecule has 1 heterocycles. The molecule has 1 atom stereocenters. The van der Waals surface area contributed by atoms with E-state index in [0.29, 0.717) is 23.6 Å². The third-order valence-electron chi connectivity index (χ3n) is 5.18. The molecule has 0 bridgehead atoms. The molecule has 1 unspecified atom stereocenters. The van der Waals surface area contributed by atoms with E-state index in [1.165, 1.54) is 31.3 Å². The number of aromatic hydroxyl groups is 1. The highest BCUT2D eigenvalue weighted by atomic mass is 16.5. The number of rotatable bonds is 7. The van der Waals surface area contributed by atoms with Crippen molar-refractivity contribution < 1.29 is 29.3 Å². The van der Waals surface area contributed by atoms with Crippen molar-refractivity contribution >= 4 is 17.4 Å². The van der Waals surface area contributed by atoms with E-state index in [9.17, 15) is 19.8 Å². The van der Waals surface area contributed by atoms with Gasteiger partial charge >= 0.3 is 0 Å². The number of carbonyl (C=O) groups excluding carboxylic acids is 2. The van der Waals surface area contributed by atoms with Crippen LogP contribution in [0.4, 0.5) is 0 Å². The number of hydrogen-bond acceptors (Lipinski definition) is 7. The molecule has 1 saturated heterocycles. The molecule has 8 nitrogen and oxygen atoms in total. The van der Waals surface area contributed by atoms with Gasteiger partial charge in [0.05, 0.1) is 25.8 Å². The highest BCUT2D eigenvalue weighted by Gasteiger charge is 2.46. The summed E-state index contributed by atoms with van der Waals surface area (Å²) in [7, 11) is 6.60. The zero-order chi connectivity index (χ0) is 22.7. The predicted molar refractivity (Wildman–Crippen MR) is 115 cm³/mol.